The topological polar surface area (TPSA) is 83.1 Å². The molecule has 0 aromatic carbocycles. The van der Waals surface area contributed by atoms with Gasteiger partial charge in [0.05, 0.1) is 21.9 Å². The summed E-state index contributed by atoms with van der Waals surface area (Å²) in [5.41, 5.74) is -0.222. The van der Waals surface area contributed by atoms with Crippen molar-refractivity contribution in [2.75, 3.05) is 5.75 Å². The van der Waals surface area contributed by atoms with Crippen molar-refractivity contribution in [3.8, 4) is 6.07 Å². The fourth-order valence-electron chi connectivity index (χ4n) is 2.68. The Hall–Kier alpha value is -1.49. The van der Waals surface area contributed by atoms with E-state index in [1.165, 1.54) is 11.8 Å². The van der Waals surface area contributed by atoms with Gasteiger partial charge in [-0.15, -0.1) is 10.2 Å². The summed E-state index contributed by atoms with van der Waals surface area (Å²) in [6.07, 6.45) is 4.99. The van der Waals surface area contributed by atoms with Gasteiger partial charge < -0.3 is 5.32 Å². The third kappa shape index (κ3) is 3.39. The molecule has 1 saturated carbocycles. The zero-order chi connectivity index (χ0) is 16.4. The molecule has 2 heterocycles. The largest absolute Gasteiger partial charge is 0.337 e. The molecule has 23 heavy (non-hydrogen) atoms. The SMILES string of the molecule is N#CC1(NC(=O)CSc2nnc3c(Cl)cc(Cl)cn23)CCCC1. The zero-order valence-electron chi connectivity index (χ0n) is 12.1. The number of fused-ring (bicyclic) bond motifs is 1. The molecule has 2 aromatic rings. The second kappa shape index (κ2) is 6.56. The smallest absolute Gasteiger partial charge is 0.231 e. The number of nitrogens with one attached hydrogen (secondary N) is 1. The second-order valence-electron chi connectivity index (χ2n) is 5.42. The Bertz CT molecular complexity index is 794. The summed E-state index contributed by atoms with van der Waals surface area (Å²) in [7, 11) is 0. The van der Waals surface area contributed by atoms with Crippen LogP contribution in [0.15, 0.2) is 17.4 Å². The Morgan fingerprint density at radius 1 is 1.43 bits per heavy atom. The van der Waals surface area contributed by atoms with Gasteiger partial charge in [0.2, 0.25) is 5.91 Å². The van der Waals surface area contributed by atoms with E-state index in [9.17, 15) is 10.1 Å². The van der Waals surface area contributed by atoms with Gasteiger partial charge in [0, 0.05) is 6.20 Å². The van der Waals surface area contributed by atoms with Crippen molar-refractivity contribution in [1.29, 1.82) is 5.26 Å². The first-order valence-corrected chi connectivity index (χ1v) is 8.82. The van der Waals surface area contributed by atoms with Crippen LogP contribution in [0.25, 0.3) is 5.65 Å². The van der Waals surface area contributed by atoms with Crippen molar-refractivity contribution in [2.24, 2.45) is 0 Å². The van der Waals surface area contributed by atoms with Crippen molar-refractivity contribution >= 4 is 46.5 Å². The van der Waals surface area contributed by atoms with Gasteiger partial charge >= 0.3 is 0 Å². The van der Waals surface area contributed by atoms with Crippen LogP contribution in [0, 0.1) is 11.3 Å². The fraction of sp³-hybridized carbons (Fsp3) is 0.429. The third-order valence-corrected chi connectivity index (χ3v) is 5.21. The molecule has 0 aliphatic heterocycles. The van der Waals surface area contributed by atoms with Crippen LogP contribution >= 0.6 is 35.0 Å². The predicted octanol–water partition coefficient (Wildman–Crippen LogP) is 3.08. The molecular weight excluding hydrogens is 357 g/mol. The van der Waals surface area contributed by atoms with E-state index in [0.717, 1.165) is 12.8 Å². The van der Waals surface area contributed by atoms with Gasteiger partial charge in [-0.05, 0) is 31.7 Å². The number of nitriles is 1. The van der Waals surface area contributed by atoms with Crippen molar-refractivity contribution < 1.29 is 4.79 Å². The van der Waals surface area contributed by atoms with Crippen molar-refractivity contribution in [2.45, 2.75) is 36.4 Å². The number of hydrogen-bond acceptors (Lipinski definition) is 5. The summed E-state index contributed by atoms with van der Waals surface area (Å²) < 4.78 is 1.65. The monoisotopic (exact) mass is 369 g/mol. The highest BCUT2D eigenvalue weighted by Crippen LogP contribution is 2.29. The number of thioether (sulfide) groups is 1. The van der Waals surface area contributed by atoms with Gasteiger partial charge in [-0.3, -0.25) is 9.20 Å². The van der Waals surface area contributed by atoms with Crippen LogP contribution in [0.4, 0.5) is 0 Å². The van der Waals surface area contributed by atoms with E-state index in [2.05, 4.69) is 21.6 Å². The average molecular weight is 370 g/mol. The number of carbonyl (C=O) groups excluding carboxylic acids is 1. The van der Waals surface area contributed by atoms with Crippen LogP contribution in [-0.4, -0.2) is 31.8 Å². The van der Waals surface area contributed by atoms with Crippen molar-refractivity contribution in [3.05, 3.63) is 22.3 Å². The molecule has 120 valence electrons. The first-order chi connectivity index (χ1) is 11.0. The van der Waals surface area contributed by atoms with Crippen LogP contribution in [0.2, 0.25) is 10.0 Å². The number of aromatic nitrogens is 3. The maximum absolute atomic E-state index is 12.1. The van der Waals surface area contributed by atoms with E-state index in [1.54, 1.807) is 16.7 Å². The van der Waals surface area contributed by atoms with Crippen LogP contribution in [0.1, 0.15) is 25.7 Å². The van der Waals surface area contributed by atoms with Gasteiger partial charge in [-0.2, -0.15) is 5.26 Å². The van der Waals surface area contributed by atoms with Crippen LogP contribution in [0.3, 0.4) is 0 Å². The highest BCUT2D eigenvalue weighted by molar-refractivity contribution is 7.99. The van der Waals surface area contributed by atoms with Crippen LogP contribution in [-0.2, 0) is 4.79 Å². The third-order valence-electron chi connectivity index (χ3n) is 3.78. The minimum atomic E-state index is -0.711. The second-order valence-corrected chi connectivity index (χ2v) is 7.21. The van der Waals surface area contributed by atoms with Crippen molar-refractivity contribution in [1.82, 2.24) is 19.9 Å². The van der Waals surface area contributed by atoms with Crippen molar-refractivity contribution in [3.63, 3.8) is 0 Å². The molecule has 0 saturated heterocycles. The fourth-order valence-corrected chi connectivity index (χ4v) is 3.90. The molecule has 9 heteroatoms. The van der Waals surface area contributed by atoms with Gasteiger partial charge in [0.15, 0.2) is 10.8 Å². The average Bonchev–Trinajstić information content (AvgIpc) is 3.13. The standard InChI is InChI=1S/C14H13Cl2N5OS/c15-9-5-10(16)12-19-20-13(21(12)6-9)23-7-11(22)18-14(8-17)3-1-2-4-14/h5-6H,1-4,7H2,(H,18,22). The van der Waals surface area contributed by atoms with E-state index in [4.69, 9.17) is 23.2 Å². The van der Waals surface area contributed by atoms with Gasteiger partial charge in [0.1, 0.15) is 5.54 Å². The van der Waals surface area contributed by atoms with Gasteiger partial charge in [-0.25, -0.2) is 0 Å². The summed E-state index contributed by atoms with van der Waals surface area (Å²) in [6.45, 7) is 0. The Balaban J connectivity index is 1.69. The molecule has 1 fully saturated rings. The minimum Gasteiger partial charge on any atom is -0.337 e. The number of rotatable bonds is 4. The normalized spacial score (nSPS) is 16.4. The Morgan fingerprint density at radius 3 is 2.87 bits per heavy atom. The summed E-state index contributed by atoms with van der Waals surface area (Å²) in [5, 5.41) is 21.5. The molecule has 2 aromatic heterocycles. The molecule has 6 nitrogen and oxygen atoms in total. The Morgan fingerprint density at radius 2 is 2.17 bits per heavy atom. The molecule has 3 rings (SSSR count). The van der Waals surface area contributed by atoms with E-state index >= 15 is 0 Å². The number of pyridine rings is 1. The quantitative estimate of drug-likeness (QED) is 0.837. The summed E-state index contributed by atoms with van der Waals surface area (Å²) >= 11 is 13.3. The molecule has 0 unspecified atom stereocenters. The zero-order valence-corrected chi connectivity index (χ0v) is 14.4. The first-order valence-electron chi connectivity index (χ1n) is 7.08. The van der Waals surface area contributed by atoms with E-state index in [0.29, 0.717) is 33.7 Å². The minimum absolute atomic E-state index is 0.147. The Labute approximate surface area is 147 Å². The molecule has 0 spiro atoms. The Kier molecular flexibility index (Phi) is 4.67. The number of halogens is 2. The lowest BCUT2D eigenvalue weighted by Gasteiger charge is -2.21. The number of nitrogens with zero attached hydrogens (tertiary/aromatic N) is 4. The maximum Gasteiger partial charge on any atom is 0.231 e. The predicted molar refractivity (Wildman–Crippen MR) is 88.7 cm³/mol. The molecule has 0 radical (unpaired) electrons. The summed E-state index contributed by atoms with van der Waals surface area (Å²) in [5.74, 6) is -0.0442. The van der Waals surface area contributed by atoms with E-state index in [-0.39, 0.29) is 11.7 Å². The number of amides is 1. The molecule has 1 amide bonds. The van der Waals surface area contributed by atoms with Gasteiger partial charge in [-0.1, -0.05) is 35.0 Å². The lowest BCUT2D eigenvalue weighted by atomic mass is 10.0. The number of carbonyl (C=O) groups is 1. The molecule has 1 aliphatic rings. The summed E-state index contributed by atoms with van der Waals surface area (Å²) in [4.78, 5) is 12.1. The molecule has 0 bridgehead atoms. The summed E-state index contributed by atoms with van der Waals surface area (Å²) in [6, 6.07) is 3.83. The van der Waals surface area contributed by atoms with E-state index in [1.807, 2.05) is 0 Å². The van der Waals surface area contributed by atoms with Crippen LogP contribution in [0.5, 0.6) is 0 Å². The lowest BCUT2D eigenvalue weighted by molar-refractivity contribution is -0.119. The molecule has 1 aliphatic carbocycles. The highest BCUT2D eigenvalue weighted by Gasteiger charge is 2.35. The van der Waals surface area contributed by atoms with Gasteiger partial charge in [0.25, 0.3) is 0 Å². The maximum atomic E-state index is 12.1. The first kappa shape index (κ1) is 16.4. The van der Waals surface area contributed by atoms with E-state index < -0.39 is 5.54 Å². The van der Waals surface area contributed by atoms with Crippen LogP contribution < -0.4 is 5.32 Å². The highest BCUT2D eigenvalue weighted by atomic mass is 35.5. The lowest BCUT2D eigenvalue weighted by Crippen LogP contribution is -2.45. The molecular formula is C14H13Cl2N5OS. The molecule has 1 N–H and O–H groups in total. The molecule has 0 atom stereocenters. The number of hydrogen-bond donors (Lipinski definition) is 1.